The first-order chi connectivity index (χ1) is 12.3. The molecule has 0 spiro atoms. The number of anilines is 1. The molecular weight excluding hydrogens is 364 g/mol. The van der Waals surface area contributed by atoms with Gasteiger partial charge in [-0.25, -0.2) is 13.8 Å². The molecule has 0 radical (unpaired) electrons. The summed E-state index contributed by atoms with van der Waals surface area (Å²) in [4.78, 5) is 29.5. The maximum atomic E-state index is 13.3. The smallest absolute Gasteiger partial charge is 0.320 e. The molecule has 1 atom stereocenters. The molecule has 0 aliphatic carbocycles. The van der Waals surface area contributed by atoms with Crippen molar-refractivity contribution in [2.24, 2.45) is 0 Å². The van der Waals surface area contributed by atoms with Crippen molar-refractivity contribution in [3.63, 3.8) is 0 Å². The van der Waals surface area contributed by atoms with Gasteiger partial charge in [-0.05, 0) is 39.1 Å². The Morgan fingerprint density at radius 2 is 2.08 bits per heavy atom. The second-order valence-corrected chi connectivity index (χ2v) is 6.41. The zero-order chi connectivity index (χ0) is 19.3. The number of likely N-dealkylation sites (N-methyl/N-ethyl adjacent to an activating group) is 1. The number of hydrogen-bond donors (Lipinski definition) is 1. The summed E-state index contributed by atoms with van der Waals surface area (Å²) in [5.41, 5.74) is 0.838. The molecule has 1 aromatic carbocycles. The second kappa shape index (κ2) is 8.81. The van der Waals surface area contributed by atoms with E-state index < -0.39 is 23.6 Å². The molecule has 2 rings (SSSR count). The minimum atomic E-state index is -0.963. The lowest BCUT2D eigenvalue weighted by atomic mass is 10.2. The fourth-order valence-electron chi connectivity index (χ4n) is 2.08. The van der Waals surface area contributed by atoms with Gasteiger partial charge in [-0.1, -0.05) is 0 Å². The van der Waals surface area contributed by atoms with Gasteiger partial charge in [-0.2, -0.15) is 0 Å². The average molecular weight is 383 g/mol. The summed E-state index contributed by atoms with van der Waals surface area (Å²) in [6, 6.07) is 2.89. The Morgan fingerprint density at radius 3 is 2.73 bits per heavy atom. The largest absolute Gasteiger partial charge is 0.465 e. The Bertz CT molecular complexity index is 797. The van der Waals surface area contributed by atoms with Gasteiger partial charge in [0.15, 0.2) is 16.8 Å². The summed E-state index contributed by atoms with van der Waals surface area (Å²) in [5.74, 6) is -2.65. The van der Waals surface area contributed by atoms with E-state index in [1.165, 1.54) is 6.07 Å². The molecule has 1 unspecified atom stereocenters. The number of carbonyl (C=O) groups is 2. The summed E-state index contributed by atoms with van der Waals surface area (Å²) in [5, 5.41) is 4.61. The van der Waals surface area contributed by atoms with Crippen LogP contribution in [-0.2, 0) is 14.3 Å². The number of nitrogens with zero attached hydrogens (tertiary/aromatic N) is 2. The van der Waals surface area contributed by atoms with E-state index in [9.17, 15) is 18.4 Å². The van der Waals surface area contributed by atoms with Gasteiger partial charge < -0.3 is 10.1 Å². The van der Waals surface area contributed by atoms with Crippen molar-refractivity contribution in [2.45, 2.75) is 19.9 Å². The summed E-state index contributed by atoms with van der Waals surface area (Å²) in [7, 11) is 1.63. The highest BCUT2D eigenvalue weighted by Crippen LogP contribution is 2.26. The molecule has 9 heteroatoms. The number of nitrogens with one attached hydrogen (secondary N) is 1. The van der Waals surface area contributed by atoms with Crippen LogP contribution in [0.4, 0.5) is 13.9 Å². The van der Waals surface area contributed by atoms with Gasteiger partial charge in [0.1, 0.15) is 0 Å². The molecule has 1 aromatic heterocycles. The van der Waals surface area contributed by atoms with E-state index in [0.717, 1.165) is 23.5 Å². The van der Waals surface area contributed by atoms with Crippen molar-refractivity contribution in [1.82, 2.24) is 9.88 Å². The standard InChI is InChI=1S/C17H19F2N3O3S/c1-4-25-15(23)8-22(3)10(2)16(24)21-17-20-14(9-26-17)11-5-6-12(18)13(19)7-11/h5-7,9-10H,4,8H2,1-3H3,(H,20,21,24). The Balaban J connectivity index is 2.00. The monoisotopic (exact) mass is 383 g/mol. The highest BCUT2D eigenvalue weighted by molar-refractivity contribution is 7.14. The fourth-order valence-corrected chi connectivity index (χ4v) is 2.80. The topological polar surface area (TPSA) is 71.5 Å². The van der Waals surface area contributed by atoms with Crippen molar-refractivity contribution in [3.05, 3.63) is 35.2 Å². The molecular formula is C17H19F2N3O3S. The number of thiazole rings is 1. The number of aromatic nitrogens is 1. The lowest BCUT2D eigenvalue weighted by molar-refractivity contribution is -0.144. The van der Waals surface area contributed by atoms with Crippen molar-refractivity contribution in [1.29, 1.82) is 0 Å². The first-order valence-corrected chi connectivity index (χ1v) is 8.77. The Hall–Kier alpha value is -2.39. The zero-order valence-corrected chi connectivity index (χ0v) is 15.4. The molecule has 26 heavy (non-hydrogen) atoms. The quantitative estimate of drug-likeness (QED) is 0.745. The van der Waals surface area contributed by atoms with Gasteiger partial charge in [-0.15, -0.1) is 11.3 Å². The van der Waals surface area contributed by atoms with E-state index in [0.29, 0.717) is 16.4 Å². The highest BCUT2D eigenvalue weighted by atomic mass is 32.1. The first kappa shape index (κ1) is 19.9. The van der Waals surface area contributed by atoms with Crippen LogP contribution in [-0.4, -0.2) is 48.0 Å². The molecule has 0 saturated heterocycles. The van der Waals surface area contributed by atoms with E-state index in [-0.39, 0.29) is 19.1 Å². The molecule has 1 N–H and O–H groups in total. The lowest BCUT2D eigenvalue weighted by Crippen LogP contribution is -2.42. The highest BCUT2D eigenvalue weighted by Gasteiger charge is 2.21. The molecule has 140 valence electrons. The van der Waals surface area contributed by atoms with Crippen LogP contribution in [0.5, 0.6) is 0 Å². The van der Waals surface area contributed by atoms with E-state index in [1.807, 2.05) is 0 Å². The Morgan fingerprint density at radius 1 is 1.35 bits per heavy atom. The van der Waals surface area contributed by atoms with Gasteiger partial charge in [0.2, 0.25) is 5.91 Å². The van der Waals surface area contributed by atoms with Crippen LogP contribution >= 0.6 is 11.3 Å². The predicted molar refractivity (Wildman–Crippen MR) is 94.8 cm³/mol. The van der Waals surface area contributed by atoms with E-state index in [1.54, 1.807) is 31.2 Å². The first-order valence-electron chi connectivity index (χ1n) is 7.89. The molecule has 0 bridgehead atoms. The second-order valence-electron chi connectivity index (χ2n) is 5.55. The molecule has 0 fully saturated rings. The number of esters is 1. The number of rotatable bonds is 7. The van der Waals surface area contributed by atoms with Crippen LogP contribution in [0, 0.1) is 11.6 Å². The minimum absolute atomic E-state index is 0.0135. The maximum Gasteiger partial charge on any atom is 0.320 e. The molecule has 0 aliphatic heterocycles. The van der Waals surface area contributed by atoms with Crippen molar-refractivity contribution < 1.29 is 23.1 Å². The fraction of sp³-hybridized carbons (Fsp3) is 0.353. The Kier molecular flexibility index (Phi) is 6.76. The summed E-state index contributed by atoms with van der Waals surface area (Å²) >= 11 is 1.16. The van der Waals surface area contributed by atoms with Crippen molar-refractivity contribution >= 4 is 28.3 Å². The van der Waals surface area contributed by atoms with Crippen LogP contribution in [0.25, 0.3) is 11.3 Å². The van der Waals surface area contributed by atoms with Crippen LogP contribution in [0.3, 0.4) is 0 Å². The number of halogens is 2. The van der Waals surface area contributed by atoms with Crippen LogP contribution in [0.15, 0.2) is 23.6 Å². The van der Waals surface area contributed by atoms with Crippen LogP contribution in [0.1, 0.15) is 13.8 Å². The number of benzene rings is 1. The number of carbonyl (C=O) groups excluding carboxylic acids is 2. The molecule has 1 heterocycles. The number of hydrogen-bond acceptors (Lipinski definition) is 6. The molecule has 2 aromatic rings. The molecule has 0 aliphatic rings. The maximum absolute atomic E-state index is 13.3. The average Bonchev–Trinajstić information content (AvgIpc) is 3.05. The normalized spacial score (nSPS) is 12.1. The number of amides is 1. The van der Waals surface area contributed by atoms with Crippen molar-refractivity contribution in [2.75, 3.05) is 25.5 Å². The summed E-state index contributed by atoms with van der Waals surface area (Å²) in [6.45, 7) is 3.62. The molecule has 1 amide bonds. The third kappa shape index (κ3) is 5.06. The van der Waals surface area contributed by atoms with Crippen molar-refractivity contribution in [3.8, 4) is 11.3 Å². The third-order valence-corrected chi connectivity index (χ3v) is 4.43. The van der Waals surface area contributed by atoms with Gasteiger partial charge in [-0.3, -0.25) is 14.5 Å². The van der Waals surface area contributed by atoms with Gasteiger partial charge in [0.05, 0.1) is 24.9 Å². The molecule has 0 saturated carbocycles. The van der Waals surface area contributed by atoms with Gasteiger partial charge in [0, 0.05) is 10.9 Å². The minimum Gasteiger partial charge on any atom is -0.465 e. The van der Waals surface area contributed by atoms with Gasteiger partial charge >= 0.3 is 5.97 Å². The Labute approximate surface area is 153 Å². The van der Waals surface area contributed by atoms with E-state index in [2.05, 4.69) is 10.3 Å². The zero-order valence-electron chi connectivity index (χ0n) is 14.6. The van der Waals surface area contributed by atoms with Crippen LogP contribution < -0.4 is 5.32 Å². The van der Waals surface area contributed by atoms with E-state index in [4.69, 9.17) is 4.74 Å². The summed E-state index contributed by atoms with van der Waals surface area (Å²) < 4.78 is 31.2. The molecule has 6 nitrogen and oxygen atoms in total. The predicted octanol–water partition coefficient (Wildman–Crippen LogP) is 2.91. The summed E-state index contributed by atoms with van der Waals surface area (Å²) in [6.07, 6.45) is 0. The van der Waals surface area contributed by atoms with E-state index >= 15 is 0 Å². The van der Waals surface area contributed by atoms with Gasteiger partial charge in [0.25, 0.3) is 0 Å². The lowest BCUT2D eigenvalue weighted by Gasteiger charge is -2.22. The van der Waals surface area contributed by atoms with Crippen LogP contribution in [0.2, 0.25) is 0 Å². The third-order valence-electron chi connectivity index (χ3n) is 3.67. The number of ether oxygens (including phenoxy) is 1. The SMILES string of the molecule is CCOC(=O)CN(C)C(C)C(=O)Nc1nc(-c2ccc(F)c(F)c2)cs1.